The van der Waals surface area contributed by atoms with E-state index >= 15 is 0 Å². The summed E-state index contributed by atoms with van der Waals surface area (Å²) in [6.07, 6.45) is 3.42. The van der Waals surface area contributed by atoms with Crippen LogP contribution in [0.3, 0.4) is 0 Å². The fourth-order valence-electron chi connectivity index (χ4n) is 1.93. The van der Waals surface area contributed by atoms with Crippen LogP contribution in [0.25, 0.3) is 0 Å². The average Bonchev–Trinajstić information content (AvgIpc) is 2.83. The Morgan fingerprint density at radius 3 is 3.00 bits per heavy atom. The number of rotatable bonds is 3. The minimum absolute atomic E-state index is 0.146. The molecule has 1 aromatic rings. The predicted molar refractivity (Wildman–Crippen MR) is 56.9 cm³/mol. The van der Waals surface area contributed by atoms with E-state index in [1.807, 2.05) is 6.92 Å². The summed E-state index contributed by atoms with van der Waals surface area (Å²) < 4.78 is 5.29. The van der Waals surface area contributed by atoms with Crippen molar-refractivity contribution in [1.82, 2.24) is 20.7 Å². The second kappa shape index (κ2) is 5.07. The Kier molecular flexibility index (Phi) is 3.51. The maximum Gasteiger partial charge on any atom is 0.273 e. The first-order chi connectivity index (χ1) is 7.77. The number of hydrogen-bond acceptors (Lipinski definition) is 4. The molecule has 6 heteroatoms. The summed E-state index contributed by atoms with van der Waals surface area (Å²) in [5, 5.41) is 12.7. The van der Waals surface area contributed by atoms with E-state index in [1.54, 1.807) is 0 Å². The molecule has 0 bridgehead atoms. The Labute approximate surface area is 93.8 Å². The van der Waals surface area contributed by atoms with Crippen molar-refractivity contribution in [2.45, 2.75) is 25.8 Å². The van der Waals surface area contributed by atoms with E-state index in [4.69, 9.17) is 4.74 Å². The van der Waals surface area contributed by atoms with Gasteiger partial charge in [0.15, 0.2) is 5.69 Å². The van der Waals surface area contributed by atoms with Crippen molar-refractivity contribution in [3.8, 4) is 0 Å². The molecule has 0 aromatic carbocycles. The van der Waals surface area contributed by atoms with Gasteiger partial charge in [-0.1, -0.05) is 0 Å². The van der Waals surface area contributed by atoms with Crippen LogP contribution in [-0.4, -0.2) is 40.6 Å². The molecule has 0 saturated carbocycles. The lowest BCUT2D eigenvalue weighted by Gasteiger charge is -2.28. The lowest BCUT2D eigenvalue weighted by Crippen LogP contribution is -2.40. The molecular formula is C10H16N4O2. The van der Waals surface area contributed by atoms with Crippen LogP contribution >= 0.6 is 0 Å². The molecule has 1 fully saturated rings. The smallest absolute Gasteiger partial charge is 0.273 e. The number of ether oxygens (including phenoxy) is 1. The fraction of sp³-hybridized carbons (Fsp3) is 0.700. The Bertz CT molecular complexity index is 333. The molecule has 1 aliphatic heterocycles. The van der Waals surface area contributed by atoms with Crippen LogP contribution in [0.2, 0.25) is 0 Å². The van der Waals surface area contributed by atoms with Gasteiger partial charge in [-0.05, 0) is 25.7 Å². The van der Waals surface area contributed by atoms with Gasteiger partial charge in [0.25, 0.3) is 5.91 Å². The number of aromatic amines is 1. The normalized spacial score (nSPS) is 19.3. The minimum Gasteiger partial charge on any atom is -0.381 e. The first kappa shape index (κ1) is 11.1. The van der Waals surface area contributed by atoms with Crippen LogP contribution in [0.1, 0.15) is 30.3 Å². The molecule has 1 unspecified atom stereocenters. The summed E-state index contributed by atoms with van der Waals surface area (Å²) in [6, 6.07) is 0.146. The van der Waals surface area contributed by atoms with E-state index < -0.39 is 0 Å². The SMILES string of the molecule is CC(NC(=O)c1cn[nH]n1)C1CCOCC1. The van der Waals surface area contributed by atoms with Crippen molar-refractivity contribution in [3.05, 3.63) is 11.9 Å². The molecule has 1 aliphatic rings. The van der Waals surface area contributed by atoms with Crippen molar-refractivity contribution >= 4 is 5.91 Å². The van der Waals surface area contributed by atoms with Gasteiger partial charge in [-0.15, -0.1) is 0 Å². The Morgan fingerprint density at radius 2 is 2.38 bits per heavy atom. The molecule has 0 radical (unpaired) electrons. The lowest BCUT2D eigenvalue weighted by molar-refractivity contribution is 0.0537. The van der Waals surface area contributed by atoms with Gasteiger partial charge in [0.2, 0.25) is 0 Å². The molecule has 2 heterocycles. The third kappa shape index (κ3) is 2.57. The number of nitrogens with one attached hydrogen (secondary N) is 2. The molecule has 1 atom stereocenters. The molecule has 2 N–H and O–H groups in total. The zero-order chi connectivity index (χ0) is 11.4. The second-order valence-electron chi connectivity index (χ2n) is 4.07. The topological polar surface area (TPSA) is 79.9 Å². The minimum atomic E-state index is -0.173. The van der Waals surface area contributed by atoms with Crippen molar-refractivity contribution < 1.29 is 9.53 Å². The molecule has 1 amide bonds. The number of aromatic nitrogens is 3. The molecule has 16 heavy (non-hydrogen) atoms. The Hall–Kier alpha value is -1.43. The highest BCUT2D eigenvalue weighted by atomic mass is 16.5. The number of hydrogen-bond donors (Lipinski definition) is 2. The average molecular weight is 224 g/mol. The third-order valence-electron chi connectivity index (χ3n) is 2.98. The number of amides is 1. The monoisotopic (exact) mass is 224 g/mol. The van der Waals surface area contributed by atoms with E-state index in [9.17, 15) is 4.79 Å². The standard InChI is InChI=1S/C10H16N4O2/c1-7(8-2-4-16-5-3-8)12-10(15)9-6-11-14-13-9/h6-8H,2-5H2,1H3,(H,12,15)(H,11,13,14). The quantitative estimate of drug-likeness (QED) is 0.776. The molecule has 1 aromatic heterocycles. The van der Waals surface area contributed by atoms with E-state index in [0.717, 1.165) is 26.1 Å². The maximum atomic E-state index is 11.7. The van der Waals surface area contributed by atoms with Gasteiger partial charge in [-0.2, -0.15) is 15.4 Å². The van der Waals surface area contributed by atoms with Crippen LogP contribution < -0.4 is 5.32 Å². The lowest BCUT2D eigenvalue weighted by atomic mass is 9.93. The molecule has 88 valence electrons. The van der Waals surface area contributed by atoms with E-state index in [2.05, 4.69) is 20.7 Å². The van der Waals surface area contributed by atoms with Gasteiger partial charge in [0.05, 0.1) is 6.20 Å². The fourth-order valence-corrected chi connectivity index (χ4v) is 1.93. The van der Waals surface area contributed by atoms with Gasteiger partial charge in [-0.25, -0.2) is 0 Å². The zero-order valence-corrected chi connectivity index (χ0v) is 9.27. The van der Waals surface area contributed by atoms with Crippen molar-refractivity contribution in [3.63, 3.8) is 0 Å². The van der Waals surface area contributed by atoms with Crippen molar-refractivity contribution in [1.29, 1.82) is 0 Å². The molecule has 6 nitrogen and oxygen atoms in total. The molecule has 0 spiro atoms. The number of H-pyrrole nitrogens is 1. The first-order valence-corrected chi connectivity index (χ1v) is 5.52. The number of carbonyl (C=O) groups excluding carboxylic acids is 1. The Morgan fingerprint density at radius 1 is 1.62 bits per heavy atom. The summed E-state index contributed by atoms with van der Waals surface area (Å²) in [6.45, 7) is 3.59. The van der Waals surface area contributed by atoms with Crippen LogP contribution in [0.15, 0.2) is 6.20 Å². The van der Waals surface area contributed by atoms with Crippen LogP contribution in [0.4, 0.5) is 0 Å². The van der Waals surface area contributed by atoms with E-state index in [1.165, 1.54) is 6.20 Å². The summed E-state index contributed by atoms with van der Waals surface area (Å²) in [4.78, 5) is 11.7. The van der Waals surface area contributed by atoms with Crippen LogP contribution in [0, 0.1) is 5.92 Å². The van der Waals surface area contributed by atoms with Gasteiger partial charge in [0.1, 0.15) is 0 Å². The summed E-state index contributed by atoms with van der Waals surface area (Å²) in [5.74, 6) is 0.317. The van der Waals surface area contributed by atoms with Gasteiger partial charge >= 0.3 is 0 Å². The van der Waals surface area contributed by atoms with Gasteiger partial charge < -0.3 is 10.1 Å². The van der Waals surface area contributed by atoms with E-state index in [0.29, 0.717) is 11.6 Å². The highest BCUT2D eigenvalue weighted by Crippen LogP contribution is 2.18. The van der Waals surface area contributed by atoms with Gasteiger partial charge in [0, 0.05) is 19.3 Å². The van der Waals surface area contributed by atoms with Crippen LogP contribution in [-0.2, 0) is 4.74 Å². The van der Waals surface area contributed by atoms with Gasteiger partial charge in [-0.3, -0.25) is 4.79 Å². The maximum absolute atomic E-state index is 11.7. The third-order valence-corrected chi connectivity index (χ3v) is 2.98. The molecular weight excluding hydrogens is 208 g/mol. The first-order valence-electron chi connectivity index (χ1n) is 5.52. The molecule has 2 rings (SSSR count). The van der Waals surface area contributed by atoms with Crippen molar-refractivity contribution in [2.75, 3.05) is 13.2 Å². The number of carbonyl (C=O) groups is 1. The largest absolute Gasteiger partial charge is 0.381 e. The summed E-state index contributed by atoms with van der Waals surface area (Å²) in [7, 11) is 0. The highest BCUT2D eigenvalue weighted by Gasteiger charge is 2.22. The van der Waals surface area contributed by atoms with Crippen molar-refractivity contribution in [2.24, 2.45) is 5.92 Å². The Balaban J connectivity index is 1.86. The molecule has 0 aliphatic carbocycles. The molecule has 1 saturated heterocycles. The summed E-state index contributed by atoms with van der Waals surface area (Å²) >= 11 is 0. The zero-order valence-electron chi connectivity index (χ0n) is 9.27. The summed E-state index contributed by atoms with van der Waals surface area (Å²) in [5.41, 5.74) is 0.332. The predicted octanol–water partition coefficient (Wildman–Crippen LogP) is 0.350. The van der Waals surface area contributed by atoms with Crippen LogP contribution in [0.5, 0.6) is 0 Å². The second-order valence-corrected chi connectivity index (χ2v) is 4.07. The number of nitrogens with zero attached hydrogens (tertiary/aromatic N) is 2. The van der Waals surface area contributed by atoms with E-state index in [-0.39, 0.29) is 11.9 Å². The highest BCUT2D eigenvalue weighted by molar-refractivity contribution is 5.91.